The Bertz CT molecular complexity index is 461. The molecule has 2 N–H and O–H groups in total. The smallest absolute Gasteiger partial charge is 0.164 e. The van der Waals surface area contributed by atoms with Crippen molar-refractivity contribution in [3.8, 4) is 17.2 Å². The Kier molecular flexibility index (Phi) is 5.67. The van der Waals surface area contributed by atoms with Crippen LogP contribution in [-0.4, -0.2) is 59.1 Å². The second kappa shape index (κ2) is 7.49. The number of hydrogen-bond acceptors (Lipinski definition) is 6. The minimum absolute atomic E-state index is 0.0728. The highest BCUT2D eigenvalue weighted by molar-refractivity contribution is 5.52. The fourth-order valence-electron chi connectivity index (χ4n) is 2.68. The topological polar surface area (TPSA) is 66.2 Å². The standard InChI is InChI=1S/C15H24N2O4/c1-18-13-9-15(20-3)14(19-2)8-11(13)12(10-16)17-4-6-21-7-5-17/h8-9,12H,4-7,10,16H2,1-3H3. The maximum Gasteiger partial charge on any atom is 0.164 e. The average molecular weight is 296 g/mol. The maximum atomic E-state index is 6.01. The van der Waals surface area contributed by atoms with Crippen molar-refractivity contribution in [2.75, 3.05) is 54.2 Å². The summed E-state index contributed by atoms with van der Waals surface area (Å²) >= 11 is 0. The molecule has 0 spiro atoms. The van der Waals surface area contributed by atoms with E-state index in [1.54, 1.807) is 21.3 Å². The van der Waals surface area contributed by atoms with Crippen molar-refractivity contribution >= 4 is 0 Å². The number of nitrogens with two attached hydrogens (primary N) is 1. The molecule has 21 heavy (non-hydrogen) atoms. The highest BCUT2D eigenvalue weighted by Crippen LogP contribution is 2.39. The largest absolute Gasteiger partial charge is 0.496 e. The predicted octanol–water partition coefficient (Wildman–Crippen LogP) is 1.04. The monoisotopic (exact) mass is 296 g/mol. The maximum absolute atomic E-state index is 6.01. The minimum Gasteiger partial charge on any atom is -0.496 e. The van der Waals surface area contributed by atoms with E-state index in [4.69, 9.17) is 24.7 Å². The van der Waals surface area contributed by atoms with E-state index in [-0.39, 0.29) is 6.04 Å². The van der Waals surface area contributed by atoms with Gasteiger partial charge in [0.25, 0.3) is 0 Å². The molecule has 1 fully saturated rings. The third kappa shape index (κ3) is 3.40. The number of benzene rings is 1. The second-order valence-electron chi connectivity index (χ2n) is 4.85. The van der Waals surface area contributed by atoms with Crippen molar-refractivity contribution in [2.24, 2.45) is 5.73 Å². The molecule has 1 unspecified atom stereocenters. The number of hydrogen-bond donors (Lipinski definition) is 1. The Morgan fingerprint density at radius 2 is 1.62 bits per heavy atom. The van der Waals surface area contributed by atoms with Crippen molar-refractivity contribution in [3.05, 3.63) is 17.7 Å². The van der Waals surface area contributed by atoms with Crippen molar-refractivity contribution < 1.29 is 18.9 Å². The van der Waals surface area contributed by atoms with Crippen molar-refractivity contribution in [3.63, 3.8) is 0 Å². The zero-order valence-electron chi connectivity index (χ0n) is 12.9. The lowest BCUT2D eigenvalue weighted by atomic mass is 10.0. The Morgan fingerprint density at radius 1 is 1.05 bits per heavy atom. The van der Waals surface area contributed by atoms with Crippen LogP contribution in [0.2, 0.25) is 0 Å². The highest BCUT2D eigenvalue weighted by atomic mass is 16.5. The number of rotatable bonds is 6. The molecular formula is C15H24N2O4. The van der Waals surface area contributed by atoms with Gasteiger partial charge in [0.1, 0.15) is 5.75 Å². The van der Waals surface area contributed by atoms with Gasteiger partial charge in [-0.1, -0.05) is 0 Å². The van der Waals surface area contributed by atoms with Crippen molar-refractivity contribution in [2.45, 2.75) is 6.04 Å². The first kappa shape index (κ1) is 15.9. The van der Waals surface area contributed by atoms with Gasteiger partial charge in [0.2, 0.25) is 0 Å². The molecule has 1 saturated heterocycles. The summed E-state index contributed by atoms with van der Waals surface area (Å²) in [6, 6.07) is 3.87. The Labute approximate surface area is 125 Å². The summed E-state index contributed by atoms with van der Waals surface area (Å²) in [6.45, 7) is 3.68. The molecule has 1 aliphatic rings. The quantitative estimate of drug-likeness (QED) is 0.846. The van der Waals surface area contributed by atoms with Crippen LogP contribution in [-0.2, 0) is 4.74 Å². The summed E-state index contributed by atoms with van der Waals surface area (Å²) in [4.78, 5) is 2.31. The van der Waals surface area contributed by atoms with E-state index in [0.717, 1.165) is 37.6 Å². The Balaban J connectivity index is 2.38. The van der Waals surface area contributed by atoms with Gasteiger partial charge in [-0.25, -0.2) is 0 Å². The number of morpholine rings is 1. The first-order valence-electron chi connectivity index (χ1n) is 7.06. The van der Waals surface area contributed by atoms with Crippen LogP contribution in [0, 0.1) is 0 Å². The van der Waals surface area contributed by atoms with Gasteiger partial charge in [-0.2, -0.15) is 0 Å². The van der Waals surface area contributed by atoms with Gasteiger partial charge in [0.05, 0.1) is 40.6 Å². The first-order valence-corrected chi connectivity index (χ1v) is 7.06. The van der Waals surface area contributed by atoms with E-state index in [1.807, 2.05) is 12.1 Å². The molecular weight excluding hydrogens is 272 g/mol. The molecule has 118 valence electrons. The number of nitrogens with zero attached hydrogens (tertiary/aromatic N) is 1. The van der Waals surface area contributed by atoms with Gasteiger partial charge in [0.15, 0.2) is 11.5 Å². The van der Waals surface area contributed by atoms with Crippen molar-refractivity contribution in [1.82, 2.24) is 4.90 Å². The van der Waals surface area contributed by atoms with E-state index in [0.29, 0.717) is 18.0 Å². The van der Waals surface area contributed by atoms with Gasteiger partial charge in [-0.05, 0) is 6.07 Å². The zero-order chi connectivity index (χ0) is 15.2. The summed E-state index contributed by atoms with van der Waals surface area (Å²) in [6.07, 6.45) is 0. The fourth-order valence-corrected chi connectivity index (χ4v) is 2.68. The zero-order valence-corrected chi connectivity index (χ0v) is 12.9. The van der Waals surface area contributed by atoms with Gasteiger partial charge in [0, 0.05) is 31.3 Å². The van der Waals surface area contributed by atoms with Crippen LogP contribution < -0.4 is 19.9 Å². The lowest BCUT2D eigenvalue weighted by molar-refractivity contribution is 0.0174. The SMILES string of the molecule is COc1cc(OC)c(C(CN)N2CCOCC2)cc1OC. The first-order chi connectivity index (χ1) is 10.2. The van der Waals surface area contributed by atoms with Crippen LogP contribution in [0.15, 0.2) is 12.1 Å². The molecule has 1 heterocycles. The summed E-state index contributed by atoms with van der Waals surface area (Å²) in [5, 5.41) is 0. The van der Waals surface area contributed by atoms with Crippen LogP contribution in [0.5, 0.6) is 17.2 Å². The van der Waals surface area contributed by atoms with Crippen LogP contribution in [0.1, 0.15) is 11.6 Å². The third-order valence-corrected chi connectivity index (χ3v) is 3.80. The van der Waals surface area contributed by atoms with Crippen LogP contribution in [0.25, 0.3) is 0 Å². The lowest BCUT2D eigenvalue weighted by Crippen LogP contribution is -2.41. The van der Waals surface area contributed by atoms with Gasteiger partial charge < -0.3 is 24.7 Å². The third-order valence-electron chi connectivity index (χ3n) is 3.80. The molecule has 6 nitrogen and oxygen atoms in total. The van der Waals surface area contributed by atoms with E-state index in [9.17, 15) is 0 Å². The molecule has 1 atom stereocenters. The molecule has 1 aromatic carbocycles. The summed E-state index contributed by atoms with van der Waals surface area (Å²) in [5.41, 5.74) is 7.02. The highest BCUT2D eigenvalue weighted by Gasteiger charge is 2.25. The van der Waals surface area contributed by atoms with Gasteiger partial charge in [-0.15, -0.1) is 0 Å². The summed E-state index contributed by atoms with van der Waals surface area (Å²) in [5.74, 6) is 2.09. The molecule has 0 bridgehead atoms. The van der Waals surface area contributed by atoms with Gasteiger partial charge in [-0.3, -0.25) is 4.90 Å². The average Bonchev–Trinajstić information content (AvgIpc) is 2.56. The number of ether oxygens (including phenoxy) is 4. The van der Waals surface area contributed by atoms with E-state index in [2.05, 4.69) is 4.90 Å². The van der Waals surface area contributed by atoms with E-state index in [1.165, 1.54) is 0 Å². The van der Waals surface area contributed by atoms with E-state index < -0.39 is 0 Å². The van der Waals surface area contributed by atoms with E-state index >= 15 is 0 Å². The lowest BCUT2D eigenvalue weighted by Gasteiger charge is -2.34. The van der Waals surface area contributed by atoms with Gasteiger partial charge >= 0.3 is 0 Å². The van der Waals surface area contributed by atoms with Crippen LogP contribution >= 0.6 is 0 Å². The summed E-state index contributed by atoms with van der Waals surface area (Å²) < 4.78 is 21.6. The molecule has 0 saturated carbocycles. The normalized spacial score (nSPS) is 17.3. The minimum atomic E-state index is 0.0728. The van der Waals surface area contributed by atoms with Crippen LogP contribution in [0.3, 0.4) is 0 Å². The molecule has 0 radical (unpaired) electrons. The molecule has 6 heteroatoms. The molecule has 0 aromatic heterocycles. The molecule has 2 rings (SSSR count). The van der Waals surface area contributed by atoms with Crippen LogP contribution in [0.4, 0.5) is 0 Å². The molecule has 0 amide bonds. The Hall–Kier alpha value is -1.50. The predicted molar refractivity (Wildman–Crippen MR) is 80.3 cm³/mol. The molecule has 1 aliphatic heterocycles. The summed E-state index contributed by atoms with van der Waals surface area (Å²) in [7, 11) is 4.89. The van der Waals surface area contributed by atoms with Crippen molar-refractivity contribution in [1.29, 1.82) is 0 Å². The fraction of sp³-hybridized carbons (Fsp3) is 0.600. The molecule has 1 aromatic rings. The Morgan fingerprint density at radius 3 is 2.14 bits per heavy atom. The second-order valence-corrected chi connectivity index (χ2v) is 4.85. The molecule has 0 aliphatic carbocycles. The number of methoxy groups -OCH3 is 3.